The van der Waals surface area contributed by atoms with Crippen molar-refractivity contribution in [2.75, 3.05) is 19.7 Å². The third kappa shape index (κ3) is 8.00. The zero-order valence-corrected chi connectivity index (χ0v) is 9.19. The van der Waals surface area contributed by atoms with Gasteiger partial charge in [-0.25, -0.2) is 0 Å². The lowest BCUT2D eigenvalue weighted by Crippen LogP contribution is -2.30. The van der Waals surface area contributed by atoms with Crippen LogP contribution in [-0.2, 0) is 0 Å². The topological polar surface area (TPSA) is 32.3 Å². The fourth-order valence-corrected chi connectivity index (χ4v) is 1.12. The average Bonchev–Trinajstić information content (AvgIpc) is 1.98. The lowest BCUT2D eigenvalue weighted by Gasteiger charge is -2.23. The van der Waals surface area contributed by atoms with Crippen molar-refractivity contribution in [2.24, 2.45) is 5.41 Å². The summed E-state index contributed by atoms with van der Waals surface area (Å²) in [6, 6.07) is 0. The van der Waals surface area contributed by atoms with Gasteiger partial charge in [-0.1, -0.05) is 19.4 Å². The molecule has 0 aliphatic carbocycles. The van der Waals surface area contributed by atoms with Crippen LogP contribution in [0.25, 0.3) is 0 Å². The minimum absolute atomic E-state index is 0.198. The van der Waals surface area contributed by atoms with E-state index >= 15 is 0 Å². The lowest BCUT2D eigenvalue weighted by atomic mass is 9.90. The van der Waals surface area contributed by atoms with Crippen molar-refractivity contribution in [3.8, 4) is 0 Å². The van der Waals surface area contributed by atoms with Crippen LogP contribution in [0.2, 0.25) is 0 Å². The first-order chi connectivity index (χ1) is 5.98. The third-order valence-electron chi connectivity index (χ3n) is 2.12. The molecule has 0 heterocycles. The quantitative estimate of drug-likeness (QED) is 0.469. The minimum atomic E-state index is 0.198. The Kier molecular flexibility index (Phi) is 6.00. The van der Waals surface area contributed by atoms with Crippen LogP contribution in [0.3, 0.4) is 0 Å². The minimum Gasteiger partial charge on any atom is -0.396 e. The Morgan fingerprint density at radius 3 is 2.54 bits per heavy atom. The van der Waals surface area contributed by atoms with Crippen molar-refractivity contribution in [2.45, 2.75) is 33.6 Å². The van der Waals surface area contributed by atoms with Crippen molar-refractivity contribution in [3.63, 3.8) is 0 Å². The fraction of sp³-hybridized carbons (Fsp3) is 0.818. The smallest absolute Gasteiger partial charge is 0.0436 e. The predicted octanol–water partition coefficient (Wildman–Crippen LogP) is 1.95. The van der Waals surface area contributed by atoms with Crippen molar-refractivity contribution in [3.05, 3.63) is 12.2 Å². The highest BCUT2D eigenvalue weighted by Gasteiger charge is 2.15. The van der Waals surface area contributed by atoms with E-state index in [0.29, 0.717) is 0 Å². The second-order valence-corrected chi connectivity index (χ2v) is 4.52. The van der Waals surface area contributed by atoms with Crippen LogP contribution in [0.4, 0.5) is 0 Å². The highest BCUT2D eigenvalue weighted by Crippen LogP contribution is 2.17. The van der Waals surface area contributed by atoms with Gasteiger partial charge in [-0.3, -0.25) is 0 Å². The zero-order valence-electron chi connectivity index (χ0n) is 9.19. The maximum atomic E-state index is 8.80. The number of hydrogen-bond donors (Lipinski definition) is 2. The van der Waals surface area contributed by atoms with Gasteiger partial charge in [0.1, 0.15) is 0 Å². The van der Waals surface area contributed by atoms with Gasteiger partial charge in [-0.2, -0.15) is 0 Å². The summed E-state index contributed by atoms with van der Waals surface area (Å²) in [6.07, 6.45) is 1.89. The summed E-state index contributed by atoms with van der Waals surface area (Å²) in [5.74, 6) is 0. The third-order valence-corrected chi connectivity index (χ3v) is 2.12. The molecule has 0 aromatic carbocycles. The Bertz CT molecular complexity index is 152. The standard InChI is InChI=1S/C11H23NO/c1-10(2)5-7-12-9-11(3,4)6-8-13/h12-13H,1,5-9H2,2-4H3. The molecule has 0 aliphatic heterocycles. The molecular formula is C11H23NO. The summed E-state index contributed by atoms with van der Waals surface area (Å²) in [7, 11) is 0. The Morgan fingerprint density at radius 2 is 2.08 bits per heavy atom. The maximum absolute atomic E-state index is 8.80. The summed E-state index contributed by atoms with van der Waals surface area (Å²) >= 11 is 0. The van der Waals surface area contributed by atoms with Crippen LogP contribution in [0.15, 0.2) is 12.2 Å². The van der Waals surface area contributed by atoms with E-state index in [4.69, 9.17) is 5.11 Å². The summed E-state index contributed by atoms with van der Waals surface area (Å²) in [4.78, 5) is 0. The highest BCUT2D eigenvalue weighted by atomic mass is 16.3. The van der Waals surface area contributed by atoms with Crippen LogP contribution < -0.4 is 5.32 Å². The summed E-state index contributed by atoms with van der Waals surface area (Å²) in [5.41, 5.74) is 1.41. The van der Waals surface area contributed by atoms with Crippen molar-refractivity contribution < 1.29 is 5.11 Å². The molecule has 0 aromatic heterocycles. The first-order valence-electron chi connectivity index (χ1n) is 4.94. The Labute approximate surface area is 82.0 Å². The van der Waals surface area contributed by atoms with E-state index in [1.807, 2.05) is 6.92 Å². The van der Waals surface area contributed by atoms with Crippen LogP contribution in [0, 0.1) is 5.41 Å². The van der Waals surface area contributed by atoms with Gasteiger partial charge in [-0.05, 0) is 31.7 Å². The van der Waals surface area contributed by atoms with E-state index in [-0.39, 0.29) is 12.0 Å². The maximum Gasteiger partial charge on any atom is 0.0436 e. The summed E-state index contributed by atoms with van der Waals surface area (Å²) in [6.45, 7) is 12.4. The molecule has 0 amide bonds. The molecule has 0 fully saturated rings. The van der Waals surface area contributed by atoms with E-state index in [1.165, 1.54) is 5.57 Å². The van der Waals surface area contributed by atoms with Gasteiger partial charge in [0.2, 0.25) is 0 Å². The van der Waals surface area contributed by atoms with Gasteiger partial charge in [0.25, 0.3) is 0 Å². The number of aliphatic hydroxyl groups is 1. The Morgan fingerprint density at radius 1 is 1.46 bits per heavy atom. The number of hydrogen-bond acceptors (Lipinski definition) is 2. The molecule has 0 rings (SSSR count). The van der Waals surface area contributed by atoms with Crippen molar-refractivity contribution in [1.82, 2.24) is 5.32 Å². The molecule has 78 valence electrons. The van der Waals surface area contributed by atoms with Crippen LogP contribution in [-0.4, -0.2) is 24.8 Å². The SMILES string of the molecule is C=C(C)CCNCC(C)(C)CCO. The van der Waals surface area contributed by atoms with E-state index < -0.39 is 0 Å². The van der Waals surface area contributed by atoms with Gasteiger partial charge in [0.15, 0.2) is 0 Å². The molecule has 0 saturated carbocycles. The van der Waals surface area contributed by atoms with Gasteiger partial charge in [0, 0.05) is 13.2 Å². The highest BCUT2D eigenvalue weighted by molar-refractivity contribution is 4.88. The molecule has 0 atom stereocenters. The molecule has 2 heteroatoms. The van der Waals surface area contributed by atoms with Crippen molar-refractivity contribution >= 4 is 0 Å². The number of rotatable bonds is 7. The van der Waals surface area contributed by atoms with Crippen LogP contribution >= 0.6 is 0 Å². The van der Waals surface area contributed by atoms with E-state index in [1.54, 1.807) is 0 Å². The van der Waals surface area contributed by atoms with E-state index in [2.05, 4.69) is 25.7 Å². The first kappa shape index (κ1) is 12.7. The monoisotopic (exact) mass is 185 g/mol. The Hall–Kier alpha value is -0.340. The van der Waals surface area contributed by atoms with Crippen LogP contribution in [0.1, 0.15) is 33.6 Å². The molecule has 2 nitrogen and oxygen atoms in total. The summed E-state index contributed by atoms with van der Waals surface area (Å²) < 4.78 is 0. The second kappa shape index (κ2) is 6.17. The molecule has 2 N–H and O–H groups in total. The van der Waals surface area contributed by atoms with Gasteiger partial charge in [-0.15, -0.1) is 6.58 Å². The lowest BCUT2D eigenvalue weighted by molar-refractivity contribution is 0.207. The molecule has 0 aliphatic rings. The van der Waals surface area contributed by atoms with Crippen LogP contribution in [0.5, 0.6) is 0 Å². The number of nitrogens with one attached hydrogen (secondary N) is 1. The zero-order chi connectivity index (χ0) is 10.3. The summed E-state index contributed by atoms with van der Waals surface area (Å²) in [5, 5.41) is 12.2. The molecule has 0 bridgehead atoms. The molecule has 0 spiro atoms. The molecule has 0 saturated heterocycles. The molecule has 0 unspecified atom stereocenters. The molecular weight excluding hydrogens is 162 g/mol. The largest absolute Gasteiger partial charge is 0.396 e. The molecule has 0 radical (unpaired) electrons. The number of aliphatic hydroxyl groups excluding tert-OH is 1. The normalized spacial score (nSPS) is 11.7. The van der Waals surface area contributed by atoms with E-state index in [0.717, 1.165) is 25.9 Å². The average molecular weight is 185 g/mol. The van der Waals surface area contributed by atoms with Crippen molar-refractivity contribution in [1.29, 1.82) is 0 Å². The Balaban J connectivity index is 3.45. The first-order valence-corrected chi connectivity index (χ1v) is 4.94. The molecule has 13 heavy (non-hydrogen) atoms. The van der Waals surface area contributed by atoms with Gasteiger partial charge >= 0.3 is 0 Å². The molecule has 0 aromatic rings. The predicted molar refractivity (Wildman–Crippen MR) is 57.8 cm³/mol. The second-order valence-electron chi connectivity index (χ2n) is 4.52. The fourth-order valence-electron chi connectivity index (χ4n) is 1.12. The van der Waals surface area contributed by atoms with E-state index in [9.17, 15) is 0 Å². The van der Waals surface area contributed by atoms with Gasteiger partial charge < -0.3 is 10.4 Å². The van der Waals surface area contributed by atoms with Gasteiger partial charge in [0.05, 0.1) is 0 Å².